The van der Waals surface area contributed by atoms with Crippen molar-refractivity contribution in [2.75, 3.05) is 19.4 Å². The summed E-state index contributed by atoms with van der Waals surface area (Å²) in [7, 11) is 0. The molecule has 1 aliphatic heterocycles. The molecule has 92 valence electrons. The van der Waals surface area contributed by atoms with Crippen LogP contribution >= 0.6 is 11.8 Å². The lowest BCUT2D eigenvalue weighted by Crippen LogP contribution is -2.25. The minimum absolute atomic E-state index is 0.555. The number of rotatable bonds is 5. The maximum absolute atomic E-state index is 5.52. The van der Waals surface area contributed by atoms with Gasteiger partial charge in [-0.25, -0.2) is 0 Å². The maximum atomic E-state index is 5.52. The van der Waals surface area contributed by atoms with Crippen molar-refractivity contribution >= 4 is 11.8 Å². The Morgan fingerprint density at radius 2 is 2.29 bits per heavy atom. The fourth-order valence-electron chi connectivity index (χ4n) is 2.38. The minimum atomic E-state index is 0.555. The van der Waals surface area contributed by atoms with Crippen molar-refractivity contribution in [2.45, 2.75) is 30.6 Å². The zero-order valence-corrected chi connectivity index (χ0v) is 11.1. The molecule has 3 heteroatoms. The Bertz CT molecular complexity index is 415. The molecule has 0 spiro atoms. The van der Waals surface area contributed by atoms with E-state index < -0.39 is 0 Å². The summed E-state index contributed by atoms with van der Waals surface area (Å²) in [6.07, 6.45) is 6.04. The summed E-state index contributed by atoms with van der Waals surface area (Å²) in [6.45, 7) is 2.97. The van der Waals surface area contributed by atoms with E-state index in [0.29, 0.717) is 4.75 Å². The first kappa shape index (κ1) is 11.4. The Morgan fingerprint density at radius 1 is 1.41 bits per heavy atom. The number of thioether (sulfide) groups is 1. The highest BCUT2D eigenvalue weighted by atomic mass is 32.2. The van der Waals surface area contributed by atoms with Gasteiger partial charge < -0.3 is 10.1 Å². The SMILES string of the molecule is CSC1(CNCc2ccc3c(c2)CCO3)CC1. The van der Waals surface area contributed by atoms with Crippen molar-refractivity contribution in [3.05, 3.63) is 29.3 Å². The number of hydrogen-bond donors (Lipinski definition) is 1. The highest BCUT2D eigenvalue weighted by Gasteiger charge is 2.41. The monoisotopic (exact) mass is 249 g/mol. The molecule has 0 unspecified atom stereocenters. The van der Waals surface area contributed by atoms with Gasteiger partial charge in [-0.1, -0.05) is 12.1 Å². The number of ether oxygens (including phenoxy) is 1. The smallest absolute Gasteiger partial charge is 0.122 e. The van der Waals surface area contributed by atoms with Crippen LogP contribution in [-0.2, 0) is 13.0 Å². The molecule has 1 aromatic rings. The van der Waals surface area contributed by atoms with Crippen molar-refractivity contribution in [3.8, 4) is 5.75 Å². The normalized spacial score (nSPS) is 19.8. The summed E-state index contributed by atoms with van der Waals surface area (Å²) in [5.74, 6) is 1.08. The van der Waals surface area contributed by atoms with E-state index in [-0.39, 0.29) is 0 Å². The third-order valence-electron chi connectivity index (χ3n) is 3.77. The zero-order valence-electron chi connectivity index (χ0n) is 10.3. The fourth-order valence-corrected chi connectivity index (χ4v) is 3.13. The van der Waals surface area contributed by atoms with Crippen LogP contribution in [-0.4, -0.2) is 24.2 Å². The van der Waals surface area contributed by atoms with Gasteiger partial charge in [-0.05, 0) is 36.3 Å². The zero-order chi connectivity index (χ0) is 11.7. The lowest BCUT2D eigenvalue weighted by Gasteiger charge is -2.13. The van der Waals surface area contributed by atoms with Crippen LogP contribution in [0.5, 0.6) is 5.75 Å². The molecule has 1 N–H and O–H groups in total. The summed E-state index contributed by atoms with van der Waals surface area (Å²) in [5, 5.41) is 3.58. The Kier molecular flexibility index (Phi) is 3.05. The van der Waals surface area contributed by atoms with Crippen LogP contribution in [0.2, 0.25) is 0 Å². The first-order chi connectivity index (χ1) is 8.31. The van der Waals surface area contributed by atoms with Crippen molar-refractivity contribution in [1.29, 1.82) is 0 Å². The van der Waals surface area contributed by atoms with Crippen molar-refractivity contribution < 1.29 is 4.74 Å². The lowest BCUT2D eigenvalue weighted by atomic mass is 10.1. The van der Waals surface area contributed by atoms with Gasteiger partial charge in [0.05, 0.1) is 6.61 Å². The number of benzene rings is 1. The Morgan fingerprint density at radius 3 is 3.06 bits per heavy atom. The van der Waals surface area contributed by atoms with E-state index >= 15 is 0 Å². The molecule has 1 saturated carbocycles. The lowest BCUT2D eigenvalue weighted by molar-refractivity contribution is 0.357. The second-order valence-corrected chi connectivity index (χ2v) is 6.31. The van der Waals surface area contributed by atoms with Gasteiger partial charge in [0.2, 0.25) is 0 Å². The third-order valence-corrected chi connectivity index (χ3v) is 5.19. The van der Waals surface area contributed by atoms with E-state index in [4.69, 9.17) is 4.74 Å². The fraction of sp³-hybridized carbons (Fsp3) is 0.571. The van der Waals surface area contributed by atoms with Gasteiger partial charge in [-0.2, -0.15) is 11.8 Å². The van der Waals surface area contributed by atoms with Crippen LogP contribution in [0.1, 0.15) is 24.0 Å². The minimum Gasteiger partial charge on any atom is -0.493 e. The average Bonchev–Trinajstić information content (AvgIpc) is 2.98. The molecule has 2 aliphatic rings. The molecular formula is C14H19NOS. The molecule has 0 aromatic heterocycles. The second-order valence-electron chi connectivity index (χ2n) is 5.03. The highest BCUT2D eigenvalue weighted by Crippen LogP contribution is 2.46. The van der Waals surface area contributed by atoms with Gasteiger partial charge >= 0.3 is 0 Å². The Balaban J connectivity index is 1.55. The van der Waals surface area contributed by atoms with Gasteiger partial charge in [-0.3, -0.25) is 0 Å². The molecule has 0 bridgehead atoms. The molecule has 2 nitrogen and oxygen atoms in total. The molecule has 1 fully saturated rings. The first-order valence-electron chi connectivity index (χ1n) is 6.32. The van der Waals surface area contributed by atoms with Crippen LogP contribution in [0.25, 0.3) is 0 Å². The van der Waals surface area contributed by atoms with E-state index in [1.807, 2.05) is 11.8 Å². The van der Waals surface area contributed by atoms with Gasteiger partial charge in [0.1, 0.15) is 5.75 Å². The molecule has 0 saturated heterocycles. The Labute approximate surface area is 107 Å². The van der Waals surface area contributed by atoms with Crippen LogP contribution in [0.3, 0.4) is 0 Å². The van der Waals surface area contributed by atoms with Gasteiger partial charge in [-0.15, -0.1) is 0 Å². The summed E-state index contributed by atoms with van der Waals surface area (Å²) < 4.78 is 6.07. The van der Waals surface area contributed by atoms with Crippen LogP contribution in [0, 0.1) is 0 Å². The summed E-state index contributed by atoms with van der Waals surface area (Å²) >= 11 is 2.01. The first-order valence-corrected chi connectivity index (χ1v) is 7.54. The third kappa shape index (κ3) is 2.45. The summed E-state index contributed by atoms with van der Waals surface area (Å²) in [6, 6.07) is 6.57. The molecule has 3 rings (SSSR count). The predicted octanol–water partition coefficient (Wildman–Crippen LogP) is 2.61. The van der Waals surface area contributed by atoms with Crippen molar-refractivity contribution in [2.24, 2.45) is 0 Å². The van der Waals surface area contributed by atoms with Crippen LogP contribution < -0.4 is 10.1 Å². The molecular weight excluding hydrogens is 230 g/mol. The topological polar surface area (TPSA) is 21.3 Å². The molecule has 17 heavy (non-hydrogen) atoms. The molecule has 0 amide bonds. The van der Waals surface area contributed by atoms with Crippen LogP contribution in [0.4, 0.5) is 0 Å². The number of nitrogens with one attached hydrogen (secondary N) is 1. The van der Waals surface area contributed by atoms with Crippen molar-refractivity contribution in [3.63, 3.8) is 0 Å². The average molecular weight is 249 g/mol. The largest absolute Gasteiger partial charge is 0.493 e. The standard InChI is InChI=1S/C14H19NOS/c1-17-14(5-6-14)10-15-9-11-2-3-13-12(8-11)4-7-16-13/h2-3,8,15H,4-7,9-10H2,1H3. The summed E-state index contributed by atoms with van der Waals surface area (Å²) in [4.78, 5) is 0. The molecule has 1 heterocycles. The molecule has 0 atom stereocenters. The van der Waals surface area contributed by atoms with Gasteiger partial charge in [0, 0.05) is 24.3 Å². The Hall–Kier alpha value is -0.670. The molecule has 0 radical (unpaired) electrons. The quantitative estimate of drug-likeness (QED) is 0.866. The van der Waals surface area contributed by atoms with Gasteiger partial charge in [0.25, 0.3) is 0 Å². The van der Waals surface area contributed by atoms with E-state index in [1.165, 1.54) is 24.0 Å². The van der Waals surface area contributed by atoms with Crippen molar-refractivity contribution in [1.82, 2.24) is 5.32 Å². The van der Waals surface area contributed by atoms with E-state index in [1.54, 1.807) is 0 Å². The van der Waals surface area contributed by atoms with E-state index in [2.05, 4.69) is 29.8 Å². The van der Waals surface area contributed by atoms with Gasteiger partial charge in [0.15, 0.2) is 0 Å². The maximum Gasteiger partial charge on any atom is 0.122 e. The number of fused-ring (bicyclic) bond motifs is 1. The van der Waals surface area contributed by atoms with E-state index in [0.717, 1.165) is 31.9 Å². The molecule has 1 aliphatic carbocycles. The summed E-state index contributed by atoms with van der Waals surface area (Å²) in [5.41, 5.74) is 2.75. The number of hydrogen-bond acceptors (Lipinski definition) is 3. The molecule has 1 aromatic carbocycles. The highest BCUT2D eigenvalue weighted by molar-refractivity contribution is 8.00. The van der Waals surface area contributed by atoms with E-state index in [9.17, 15) is 0 Å². The second kappa shape index (κ2) is 4.54. The predicted molar refractivity (Wildman–Crippen MR) is 72.8 cm³/mol. The van der Waals surface area contributed by atoms with Crippen LogP contribution in [0.15, 0.2) is 18.2 Å².